The van der Waals surface area contributed by atoms with Crippen molar-refractivity contribution in [3.63, 3.8) is 0 Å². The SMILES string of the molecule is CCC(=O)NCCNC(=O)NC(N)=NCCC[C@@H](NC(=O)[C@H](c1ccccc1)c1cccc(OCCCCNC(=O)CNC(=O)[C@@H](CC(N)=O)NC(=O)CN2CCN(CC(=O)O)CCN(CC(=O)O)CCN(CC(=O)O)CC2)c1)C(=O)NCc1ccc(O)cc1. The third-order valence-electron chi connectivity index (χ3n) is 13.9. The van der Waals surface area contributed by atoms with E-state index in [1.54, 1.807) is 93.3 Å². The van der Waals surface area contributed by atoms with E-state index in [0.29, 0.717) is 41.7 Å². The molecule has 1 aliphatic heterocycles. The van der Waals surface area contributed by atoms with Gasteiger partial charge in [-0.1, -0.05) is 61.5 Å². The quantitative estimate of drug-likeness (QED) is 0.0164. The van der Waals surface area contributed by atoms with Gasteiger partial charge < -0.3 is 73.8 Å². The van der Waals surface area contributed by atoms with Crippen LogP contribution < -0.4 is 58.7 Å². The maximum atomic E-state index is 14.5. The number of carbonyl (C=O) groups excluding carboxylic acids is 8. The van der Waals surface area contributed by atoms with Crippen LogP contribution in [0.25, 0.3) is 0 Å². The number of primary amides is 1. The molecular formula is C59H85N15O16. The Bertz CT molecular complexity index is 2850. The highest BCUT2D eigenvalue weighted by Crippen LogP contribution is 2.28. The number of aromatic hydroxyl groups is 1. The van der Waals surface area contributed by atoms with Crippen LogP contribution in [0.1, 0.15) is 68.1 Å². The van der Waals surface area contributed by atoms with Crippen LogP contribution in [-0.2, 0) is 54.5 Å². The summed E-state index contributed by atoms with van der Waals surface area (Å²) in [6, 6.07) is 19.0. The fourth-order valence-corrected chi connectivity index (χ4v) is 9.21. The summed E-state index contributed by atoms with van der Waals surface area (Å²) in [6.07, 6.45) is 0.980. The molecule has 0 saturated carbocycles. The van der Waals surface area contributed by atoms with Crippen LogP contribution in [0.2, 0.25) is 0 Å². The van der Waals surface area contributed by atoms with Gasteiger partial charge in [-0.25, -0.2) is 4.79 Å². The van der Waals surface area contributed by atoms with Gasteiger partial charge in [0.1, 0.15) is 23.6 Å². The van der Waals surface area contributed by atoms with E-state index in [0.717, 1.165) is 0 Å². The van der Waals surface area contributed by atoms with Gasteiger partial charge in [-0.3, -0.25) is 77.9 Å². The monoisotopic (exact) mass is 1260 g/mol. The zero-order valence-corrected chi connectivity index (χ0v) is 50.5. The van der Waals surface area contributed by atoms with E-state index in [1.807, 2.05) is 0 Å². The molecule has 1 heterocycles. The van der Waals surface area contributed by atoms with Crippen LogP contribution in [0.5, 0.6) is 11.5 Å². The molecule has 31 nitrogen and oxygen atoms in total. The summed E-state index contributed by atoms with van der Waals surface area (Å²) >= 11 is 0. The molecule has 0 unspecified atom stereocenters. The number of ether oxygens (including phenoxy) is 1. The van der Waals surface area contributed by atoms with Crippen LogP contribution in [-0.4, -0.2) is 241 Å². The number of aliphatic imine (C=N–C) groups is 1. The van der Waals surface area contributed by atoms with Crippen molar-refractivity contribution in [2.24, 2.45) is 16.5 Å². The lowest BCUT2D eigenvalue weighted by atomic mass is 9.90. The smallest absolute Gasteiger partial charge is 0.321 e. The van der Waals surface area contributed by atoms with Crippen molar-refractivity contribution in [3.05, 3.63) is 95.6 Å². The first-order valence-corrected chi connectivity index (χ1v) is 29.5. The van der Waals surface area contributed by atoms with E-state index in [2.05, 4.69) is 47.5 Å². The number of urea groups is 1. The average molecular weight is 1260 g/mol. The fraction of sp³-hybridized carbons (Fsp3) is 0.492. The molecule has 0 aliphatic carbocycles. The second-order valence-electron chi connectivity index (χ2n) is 21.1. The molecule has 31 heteroatoms. The van der Waals surface area contributed by atoms with Crippen LogP contribution in [0.3, 0.4) is 0 Å². The number of hydrogen-bond donors (Lipinski definition) is 14. The number of nitrogens with one attached hydrogen (secondary N) is 8. The van der Waals surface area contributed by atoms with Crippen molar-refractivity contribution >= 4 is 71.2 Å². The molecule has 0 bridgehead atoms. The van der Waals surface area contributed by atoms with Crippen molar-refractivity contribution < 1.29 is 77.9 Å². The van der Waals surface area contributed by atoms with E-state index in [9.17, 15) is 73.2 Å². The number of carbonyl (C=O) groups is 11. The van der Waals surface area contributed by atoms with Gasteiger partial charge in [0.05, 0.1) is 51.7 Å². The van der Waals surface area contributed by atoms with Crippen LogP contribution in [0, 0.1) is 0 Å². The first-order valence-electron chi connectivity index (χ1n) is 29.5. The van der Waals surface area contributed by atoms with Crippen LogP contribution in [0.4, 0.5) is 4.79 Å². The highest BCUT2D eigenvalue weighted by molar-refractivity contribution is 5.96. The van der Waals surface area contributed by atoms with Gasteiger partial charge in [0, 0.05) is 91.5 Å². The van der Waals surface area contributed by atoms with Crippen molar-refractivity contribution in [2.75, 3.05) is 118 Å². The molecule has 1 aliphatic rings. The predicted molar refractivity (Wildman–Crippen MR) is 327 cm³/mol. The van der Waals surface area contributed by atoms with E-state index < -0.39 is 90.3 Å². The number of unbranched alkanes of at least 4 members (excludes halogenated alkanes) is 1. The highest BCUT2D eigenvalue weighted by atomic mass is 16.5. The molecule has 16 N–H and O–H groups in total. The van der Waals surface area contributed by atoms with Gasteiger partial charge in [-0.2, -0.15) is 0 Å². The third kappa shape index (κ3) is 30.0. The Kier molecular flexibility index (Phi) is 32.6. The van der Waals surface area contributed by atoms with E-state index in [1.165, 1.54) is 12.1 Å². The van der Waals surface area contributed by atoms with E-state index in [-0.39, 0.29) is 148 Å². The second-order valence-corrected chi connectivity index (χ2v) is 21.1. The molecule has 0 spiro atoms. The first kappa shape index (κ1) is 73.0. The zero-order valence-electron chi connectivity index (χ0n) is 50.5. The van der Waals surface area contributed by atoms with Crippen molar-refractivity contribution in [1.29, 1.82) is 0 Å². The van der Waals surface area contributed by atoms with Gasteiger partial charge in [-0.05, 0) is 66.6 Å². The van der Waals surface area contributed by atoms with Gasteiger partial charge in [0.25, 0.3) is 0 Å². The minimum Gasteiger partial charge on any atom is -0.508 e. The fourth-order valence-electron chi connectivity index (χ4n) is 9.21. The first-order chi connectivity index (χ1) is 43.1. The number of guanidine groups is 1. The summed E-state index contributed by atoms with van der Waals surface area (Å²) < 4.78 is 6.08. The Hall–Kier alpha value is -9.46. The molecule has 0 radical (unpaired) electrons. The van der Waals surface area contributed by atoms with Crippen molar-refractivity contribution in [3.8, 4) is 11.5 Å². The lowest BCUT2D eigenvalue weighted by molar-refractivity contribution is -0.140. The number of nitrogens with two attached hydrogens (primary N) is 2. The molecule has 1 fully saturated rings. The van der Waals surface area contributed by atoms with E-state index in [4.69, 9.17) is 16.2 Å². The van der Waals surface area contributed by atoms with Gasteiger partial charge in [-0.15, -0.1) is 0 Å². The van der Waals surface area contributed by atoms with E-state index >= 15 is 0 Å². The maximum absolute atomic E-state index is 14.5. The Labute approximate surface area is 521 Å². The van der Waals surface area contributed by atoms with Crippen molar-refractivity contribution in [1.82, 2.24) is 62.1 Å². The van der Waals surface area contributed by atoms with Gasteiger partial charge in [0.15, 0.2) is 5.96 Å². The topological polar surface area (TPSA) is 452 Å². The zero-order chi connectivity index (χ0) is 65.8. The number of benzene rings is 3. The number of nitrogens with zero attached hydrogens (tertiary/aromatic N) is 5. The molecule has 4 rings (SSSR count). The molecule has 492 valence electrons. The molecule has 0 aromatic heterocycles. The molecule has 9 amide bonds. The number of aliphatic carboxylic acids is 3. The summed E-state index contributed by atoms with van der Waals surface area (Å²) in [6.45, 7) is 1.86. The summed E-state index contributed by atoms with van der Waals surface area (Å²) in [5.74, 6) is -8.18. The number of phenolic OH excluding ortho intramolecular Hbond substituents is 1. The minimum absolute atomic E-state index is 0.0547. The Morgan fingerprint density at radius 3 is 1.70 bits per heavy atom. The second kappa shape index (κ2) is 40.2. The van der Waals surface area contributed by atoms with Crippen molar-refractivity contribution in [2.45, 2.75) is 70.0 Å². The predicted octanol–water partition coefficient (Wildman–Crippen LogP) is -2.53. The summed E-state index contributed by atoms with van der Waals surface area (Å²) in [5, 5.41) is 59.2. The van der Waals surface area contributed by atoms with Gasteiger partial charge in [0.2, 0.25) is 41.4 Å². The lowest BCUT2D eigenvalue weighted by Crippen LogP contribution is -2.53. The van der Waals surface area contributed by atoms with Gasteiger partial charge >= 0.3 is 23.9 Å². The molecule has 1 saturated heterocycles. The van der Waals surface area contributed by atoms with Crippen LogP contribution in [0.15, 0.2) is 83.9 Å². The highest BCUT2D eigenvalue weighted by Gasteiger charge is 2.30. The Balaban J connectivity index is 1.31. The minimum atomic E-state index is -1.48. The number of phenols is 1. The number of hydrogen-bond acceptors (Lipinski definition) is 18. The normalized spacial score (nSPS) is 14.7. The third-order valence-corrected chi connectivity index (χ3v) is 13.9. The summed E-state index contributed by atoms with van der Waals surface area (Å²) in [7, 11) is 0. The van der Waals surface area contributed by atoms with Crippen LogP contribution >= 0.6 is 0 Å². The molecule has 3 aromatic carbocycles. The standard InChI is InChI=1S/C59H85N15O16/c1-2-48(77)63-21-22-65-59(89)70-58(61)64-20-9-14-45(55(86)66-34-40-15-17-43(75)18-16-40)69-57(88)54(41-10-4-3-5-11-41)42-12-8-13-44(32-42)90-31-7-6-19-62-49(78)35-67-56(87)46(33-47(60)76)68-50(79)36-71-23-25-72(37-51(80)81)27-29-74(39-53(84)85)30-28-73(26-24-71)38-52(82)83/h3-5,8,10-13,15-18,32,45-46,54,75H,2,6-7,9,14,19-31,33-39H2,1H3,(H2,60,76)(H,62,78)(H,63,77)(H,66,86)(H,67,87)(H,68,79)(H,69,88)(H,80,81)(H,82,83)(H,84,85)(H4,61,64,65,70,89)/t45-,46-,54-/m1/s1. The molecule has 3 aromatic rings. The number of carboxylic acid groups (broad SMARTS) is 3. The number of carboxylic acids is 3. The lowest BCUT2D eigenvalue weighted by Gasteiger charge is -2.33. The molecule has 90 heavy (non-hydrogen) atoms. The largest absolute Gasteiger partial charge is 0.508 e. The molecular weight excluding hydrogens is 1170 g/mol. The summed E-state index contributed by atoms with van der Waals surface area (Å²) in [5.41, 5.74) is 13.2. The number of amides is 9. The molecule has 3 atom stereocenters. The Morgan fingerprint density at radius 1 is 0.567 bits per heavy atom. The average Bonchev–Trinajstić information content (AvgIpc) is 0.942. The maximum Gasteiger partial charge on any atom is 0.321 e. The Morgan fingerprint density at radius 2 is 1.12 bits per heavy atom. The number of rotatable bonds is 35. The summed E-state index contributed by atoms with van der Waals surface area (Å²) in [4.78, 5) is 149.